The third-order valence-corrected chi connectivity index (χ3v) is 4.01. The van der Waals surface area contributed by atoms with Crippen LogP contribution in [0.3, 0.4) is 0 Å². The second kappa shape index (κ2) is 18.2. The highest BCUT2D eigenvalue weighted by atomic mass is 16.1. The highest BCUT2D eigenvalue weighted by Crippen LogP contribution is 2.11. The maximum Gasteiger partial charge on any atom is 0.129 e. The van der Waals surface area contributed by atoms with Crippen molar-refractivity contribution in [3.05, 3.63) is 24.3 Å². The highest BCUT2D eigenvalue weighted by molar-refractivity contribution is 5.75. The third kappa shape index (κ3) is 19.1. The lowest BCUT2D eigenvalue weighted by Crippen LogP contribution is -1.89. The summed E-state index contributed by atoms with van der Waals surface area (Å²) in [7, 11) is 0. The van der Waals surface area contributed by atoms with E-state index in [-0.39, 0.29) is 0 Å². The Hall–Kier alpha value is -0.850. The Morgan fingerprint density at radius 2 is 1.14 bits per heavy atom. The van der Waals surface area contributed by atoms with E-state index in [1.807, 2.05) is 0 Å². The number of hydrogen-bond acceptors (Lipinski definition) is 1. The number of ketones is 1. The van der Waals surface area contributed by atoms with Crippen LogP contribution in [0, 0.1) is 0 Å². The van der Waals surface area contributed by atoms with Crippen molar-refractivity contribution >= 4 is 5.78 Å². The van der Waals surface area contributed by atoms with Gasteiger partial charge in [-0.1, -0.05) is 82.6 Å². The second-order valence-electron chi connectivity index (χ2n) is 6.42. The molecule has 0 aromatic rings. The Labute approximate surface area is 139 Å². The Kier molecular flexibility index (Phi) is 17.5. The Bertz CT molecular complexity index is 288. The van der Waals surface area contributed by atoms with E-state index in [0.717, 1.165) is 12.8 Å². The van der Waals surface area contributed by atoms with Gasteiger partial charge in [0.2, 0.25) is 0 Å². The van der Waals surface area contributed by atoms with Gasteiger partial charge < -0.3 is 4.79 Å². The number of hydrogen-bond donors (Lipinski definition) is 0. The molecule has 1 nitrogen and oxygen atoms in total. The average molecular weight is 307 g/mol. The van der Waals surface area contributed by atoms with Gasteiger partial charge in [-0.25, -0.2) is 0 Å². The molecule has 0 saturated carbocycles. The minimum atomic E-state index is 0.337. The van der Waals surface area contributed by atoms with Crippen LogP contribution in [0.5, 0.6) is 0 Å². The van der Waals surface area contributed by atoms with E-state index in [2.05, 4.69) is 31.2 Å². The van der Waals surface area contributed by atoms with Crippen molar-refractivity contribution in [3.63, 3.8) is 0 Å². The molecule has 22 heavy (non-hydrogen) atoms. The van der Waals surface area contributed by atoms with Crippen LogP contribution in [-0.4, -0.2) is 5.78 Å². The summed E-state index contributed by atoms with van der Waals surface area (Å²) in [6, 6.07) is 0. The van der Waals surface area contributed by atoms with Gasteiger partial charge in [0.1, 0.15) is 5.78 Å². The summed E-state index contributed by atoms with van der Waals surface area (Å²) in [6.07, 6.45) is 26.6. The first-order chi connectivity index (χ1) is 10.8. The predicted molar refractivity (Wildman–Crippen MR) is 99.3 cm³/mol. The lowest BCUT2D eigenvalue weighted by Gasteiger charge is -2.01. The van der Waals surface area contributed by atoms with E-state index < -0.39 is 0 Å². The second-order valence-corrected chi connectivity index (χ2v) is 6.42. The Morgan fingerprint density at radius 3 is 1.64 bits per heavy atom. The summed E-state index contributed by atoms with van der Waals surface area (Å²) in [6.45, 7) is 3.94. The van der Waals surface area contributed by atoms with E-state index >= 15 is 0 Å². The van der Waals surface area contributed by atoms with E-state index in [4.69, 9.17) is 0 Å². The number of unbranched alkanes of at least 4 members (excludes halogenated alkanes) is 11. The van der Waals surface area contributed by atoms with Crippen LogP contribution in [0.2, 0.25) is 0 Å². The molecule has 0 radical (unpaired) electrons. The molecular weight excluding hydrogens is 268 g/mol. The molecule has 0 aliphatic heterocycles. The van der Waals surface area contributed by atoms with Crippen LogP contribution >= 0.6 is 0 Å². The Morgan fingerprint density at radius 1 is 0.682 bits per heavy atom. The summed E-state index contributed by atoms with van der Waals surface area (Å²) in [5, 5.41) is 0. The average Bonchev–Trinajstić information content (AvgIpc) is 2.50. The van der Waals surface area contributed by atoms with Gasteiger partial charge in [0.05, 0.1) is 0 Å². The van der Waals surface area contributed by atoms with Crippen molar-refractivity contribution in [2.75, 3.05) is 0 Å². The molecule has 0 aromatic carbocycles. The van der Waals surface area contributed by atoms with Crippen LogP contribution < -0.4 is 0 Å². The SMILES string of the molecule is CCCCC/C=C\C=C\CCCCCCCCCCC(C)=O. The van der Waals surface area contributed by atoms with E-state index in [1.165, 1.54) is 77.0 Å². The maximum atomic E-state index is 10.8. The summed E-state index contributed by atoms with van der Waals surface area (Å²) in [5.41, 5.74) is 0. The molecule has 0 bridgehead atoms. The van der Waals surface area contributed by atoms with Gasteiger partial charge in [-0.3, -0.25) is 0 Å². The molecule has 0 saturated heterocycles. The van der Waals surface area contributed by atoms with Gasteiger partial charge in [-0.05, 0) is 39.0 Å². The topological polar surface area (TPSA) is 17.1 Å². The first kappa shape index (κ1) is 21.1. The first-order valence-electron chi connectivity index (χ1n) is 9.58. The minimum absolute atomic E-state index is 0.337. The molecule has 0 amide bonds. The van der Waals surface area contributed by atoms with Gasteiger partial charge in [0, 0.05) is 6.42 Å². The van der Waals surface area contributed by atoms with E-state index in [1.54, 1.807) is 6.92 Å². The van der Waals surface area contributed by atoms with Gasteiger partial charge in [0.25, 0.3) is 0 Å². The zero-order chi connectivity index (χ0) is 16.3. The molecule has 0 aliphatic rings. The fourth-order valence-corrected chi connectivity index (χ4v) is 2.56. The van der Waals surface area contributed by atoms with Crippen LogP contribution in [-0.2, 0) is 4.79 Å². The van der Waals surface area contributed by atoms with Crippen LogP contribution in [0.25, 0.3) is 0 Å². The van der Waals surface area contributed by atoms with Crippen molar-refractivity contribution in [2.24, 2.45) is 0 Å². The number of carbonyl (C=O) groups is 1. The summed E-state index contributed by atoms with van der Waals surface area (Å²) < 4.78 is 0. The molecule has 0 fully saturated rings. The monoisotopic (exact) mass is 306 g/mol. The van der Waals surface area contributed by atoms with Crippen molar-refractivity contribution in [2.45, 2.75) is 104 Å². The molecule has 0 unspecified atom stereocenters. The smallest absolute Gasteiger partial charge is 0.129 e. The number of allylic oxidation sites excluding steroid dienone is 4. The molecule has 0 spiro atoms. The van der Waals surface area contributed by atoms with Gasteiger partial charge in [0.15, 0.2) is 0 Å². The van der Waals surface area contributed by atoms with Crippen LogP contribution in [0.15, 0.2) is 24.3 Å². The minimum Gasteiger partial charge on any atom is -0.300 e. The molecule has 128 valence electrons. The predicted octanol–water partition coefficient (Wildman–Crippen LogP) is 7.17. The van der Waals surface area contributed by atoms with E-state index in [9.17, 15) is 4.79 Å². The molecule has 0 aliphatic carbocycles. The van der Waals surface area contributed by atoms with Crippen LogP contribution in [0.1, 0.15) is 104 Å². The van der Waals surface area contributed by atoms with Crippen molar-refractivity contribution in [1.29, 1.82) is 0 Å². The quantitative estimate of drug-likeness (QED) is 0.218. The fraction of sp³-hybridized carbons (Fsp3) is 0.762. The zero-order valence-electron chi connectivity index (χ0n) is 15.1. The molecule has 0 rings (SSSR count). The molecular formula is C21H38O. The molecule has 0 atom stereocenters. The summed E-state index contributed by atoms with van der Waals surface area (Å²) in [4.78, 5) is 10.8. The normalized spacial score (nSPS) is 11.7. The van der Waals surface area contributed by atoms with Gasteiger partial charge >= 0.3 is 0 Å². The maximum absolute atomic E-state index is 10.8. The number of carbonyl (C=O) groups excluding carboxylic acids is 1. The Balaban J connectivity index is 3.15. The van der Waals surface area contributed by atoms with Crippen LogP contribution in [0.4, 0.5) is 0 Å². The third-order valence-electron chi connectivity index (χ3n) is 4.01. The lowest BCUT2D eigenvalue weighted by molar-refractivity contribution is -0.117. The van der Waals surface area contributed by atoms with Crippen molar-refractivity contribution in [3.8, 4) is 0 Å². The van der Waals surface area contributed by atoms with E-state index in [0.29, 0.717) is 5.78 Å². The van der Waals surface area contributed by atoms with Gasteiger partial charge in [-0.15, -0.1) is 0 Å². The van der Waals surface area contributed by atoms with Gasteiger partial charge in [-0.2, -0.15) is 0 Å². The largest absolute Gasteiger partial charge is 0.300 e. The summed E-state index contributed by atoms with van der Waals surface area (Å²) >= 11 is 0. The fourth-order valence-electron chi connectivity index (χ4n) is 2.56. The molecule has 0 aromatic heterocycles. The van der Waals surface area contributed by atoms with Crippen molar-refractivity contribution in [1.82, 2.24) is 0 Å². The lowest BCUT2D eigenvalue weighted by atomic mass is 10.1. The summed E-state index contributed by atoms with van der Waals surface area (Å²) in [5.74, 6) is 0.337. The molecule has 1 heteroatoms. The number of rotatable bonds is 16. The zero-order valence-corrected chi connectivity index (χ0v) is 15.1. The molecule has 0 heterocycles. The highest BCUT2D eigenvalue weighted by Gasteiger charge is 1.94. The molecule has 0 N–H and O–H groups in total. The number of Topliss-reactive ketones (excluding diaryl/α,β-unsaturated/α-hetero) is 1. The van der Waals surface area contributed by atoms with Crippen molar-refractivity contribution < 1.29 is 4.79 Å². The standard InChI is InChI=1S/C21H38O/c1-3-4-5-6-7-8-9-10-11-12-13-14-15-16-17-18-19-20-21(2)22/h7-10H,3-6,11-20H2,1-2H3/b8-7-,10-9+. The first-order valence-corrected chi connectivity index (χ1v) is 9.58.